The molecule has 0 saturated carbocycles. The van der Waals surface area contributed by atoms with E-state index in [1.54, 1.807) is 25.7 Å². The van der Waals surface area contributed by atoms with Crippen LogP contribution in [0.3, 0.4) is 0 Å². The summed E-state index contributed by atoms with van der Waals surface area (Å²) >= 11 is 0. The van der Waals surface area contributed by atoms with E-state index in [4.69, 9.17) is 4.74 Å². The Balaban J connectivity index is 1.81. The lowest BCUT2D eigenvalue weighted by atomic mass is 10.1. The molecular formula is C23H36F2N4O4. The fourth-order valence-corrected chi connectivity index (χ4v) is 3.66. The number of alkyl halides is 2. The molecule has 2 heterocycles. The fourth-order valence-electron chi connectivity index (χ4n) is 3.66. The number of aromatic nitrogens is 1. The highest BCUT2D eigenvalue weighted by atomic mass is 19.3. The number of alkyl carbamates (subject to hydrolysis) is 1. The summed E-state index contributed by atoms with van der Waals surface area (Å²) in [6, 6.07) is 2.89. The number of unbranched alkanes of at least 4 members (excludes halogenated alkanes) is 1. The van der Waals surface area contributed by atoms with Gasteiger partial charge in [-0.2, -0.15) is 0 Å². The summed E-state index contributed by atoms with van der Waals surface area (Å²) in [5, 5.41) is 15.0. The highest BCUT2D eigenvalue weighted by Gasteiger charge is 2.25. The Morgan fingerprint density at radius 1 is 1.27 bits per heavy atom. The smallest absolute Gasteiger partial charge is 0.408 e. The highest BCUT2D eigenvalue weighted by molar-refractivity contribution is 5.80. The Morgan fingerprint density at radius 3 is 2.70 bits per heavy atom. The minimum Gasteiger partial charge on any atom is -0.480 e. The number of anilines is 1. The topological polar surface area (TPSA) is 104 Å². The van der Waals surface area contributed by atoms with Crippen LogP contribution in [0.15, 0.2) is 12.1 Å². The molecule has 0 aliphatic carbocycles. The van der Waals surface area contributed by atoms with Gasteiger partial charge in [-0.25, -0.2) is 23.4 Å². The molecule has 0 saturated heterocycles. The van der Waals surface area contributed by atoms with Crippen molar-refractivity contribution >= 4 is 17.9 Å². The van der Waals surface area contributed by atoms with E-state index < -0.39 is 36.7 Å². The molecule has 33 heavy (non-hydrogen) atoms. The standard InChI is InChI=1S/C23H36F2N4O4/c1-23(2,3)33-22(32)28-18(21(30)31)11-14-29(15-19(24)25)13-5-4-8-17-10-9-16-7-6-12-26-20(16)27-17/h9-10,18-19H,4-8,11-15H2,1-3H3,(H,26,27)(H,28,32)(H,30,31). The predicted octanol–water partition coefficient (Wildman–Crippen LogP) is 3.70. The number of carbonyl (C=O) groups excluding carboxylic acids is 1. The van der Waals surface area contributed by atoms with Gasteiger partial charge in [0.15, 0.2) is 0 Å². The largest absolute Gasteiger partial charge is 0.480 e. The molecular weight excluding hydrogens is 434 g/mol. The van der Waals surface area contributed by atoms with Gasteiger partial charge in [0.1, 0.15) is 17.5 Å². The number of hydrogen-bond acceptors (Lipinski definition) is 6. The summed E-state index contributed by atoms with van der Waals surface area (Å²) in [4.78, 5) is 29.6. The van der Waals surface area contributed by atoms with Crippen LogP contribution in [-0.2, 0) is 22.4 Å². The average molecular weight is 471 g/mol. The third kappa shape index (κ3) is 10.3. The molecule has 1 unspecified atom stereocenters. The third-order valence-electron chi connectivity index (χ3n) is 5.23. The number of pyridine rings is 1. The third-order valence-corrected chi connectivity index (χ3v) is 5.23. The molecule has 1 amide bonds. The van der Waals surface area contributed by atoms with Crippen LogP contribution in [-0.4, -0.2) is 71.3 Å². The van der Waals surface area contributed by atoms with Gasteiger partial charge in [-0.3, -0.25) is 4.90 Å². The van der Waals surface area contributed by atoms with E-state index in [1.807, 2.05) is 6.07 Å². The van der Waals surface area contributed by atoms with Crippen LogP contribution in [0.1, 0.15) is 57.7 Å². The summed E-state index contributed by atoms with van der Waals surface area (Å²) in [7, 11) is 0. The SMILES string of the molecule is CC(C)(C)OC(=O)NC(CCN(CCCCc1ccc2c(n1)NCCC2)CC(F)F)C(=O)O. The number of aryl methyl sites for hydroxylation is 2. The molecule has 1 aliphatic rings. The lowest BCUT2D eigenvalue weighted by molar-refractivity contribution is -0.139. The zero-order valence-corrected chi connectivity index (χ0v) is 19.7. The quantitative estimate of drug-likeness (QED) is 0.400. The van der Waals surface area contributed by atoms with Gasteiger partial charge in [0.05, 0.1) is 6.54 Å². The molecule has 3 N–H and O–H groups in total. The number of nitrogens with one attached hydrogen (secondary N) is 2. The lowest BCUT2D eigenvalue weighted by Gasteiger charge is -2.25. The first-order valence-electron chi connectivity index (χ1n) is 11.5. The van der Waals surface area contributed by atoms with Crippen molar-refractivity contribution in [2.75, 3.05) is 31.5 Å². The second-order valence-electron chi connectivity index (χ2n) is 9.32. The summed E-state index contributed by atoms with van der Waals surface area (Å²) < 4.78 is 31.2. The van der Waals surface area contributed by atoms with Crippen molar-refractivity contribution < 1.29 is 28.2 Å². The number of rotatable bonds is 12. The normalized spacial score (nSPS) is 14.5. The van der Waals surface area contributed by atoms with Crippen molar-refractivity contribution in [3.63, 3.8) is 0 Å². The maximum atomic E-state index is 13.0. The molecule has 1 aromatic rings. The van der Waals surface area contributed by atoms with Crippen molar-refractivity contribution in [3.8, 4) is 0 Å². The van der Waals surface area contributed by atoms with Gasteiger partial charge < -0.3 is 20.5 Å². The van der Waals surface area contributed by atoms with Crippen LogP contribution in [0.4, 0.5) is 19.4 Å². The molecule has 0 aromatic carbocycles. The van der Waals surface area contributed by atoms with Crippen LogP contribution in [0.25, 0.3) is 0 Å². The molecule has 1 atom stereocenters. The maximum absolute atomic E-state index is 13.0. The Labute approximate surface area is 194 Å². The number of aliphatic carboxylic acids is 1. The van der Waals surface area contributed by atoms with Crippen LogP contribution in [0.5, 0.6) is 0 Å². The Bertz CT molecular complexity index is 786. The first kappa shape index (κ1) is 26.8. The molecule has 1 aliphatic heterocycles. The fraction of sp³-hybridized carbons (Fsp3) is 0.696. The van der Waals surface area contributed by atoms with Gasteiger partial charge in [0, 0.05) is 18.8 Å². The number of nitrogens with zero attached hydrogens (tertiary/aromatic N) is 2. The highest BCUT2D eigenvalue weighted by Crippen LogP contribution is 2.20. The summed E-state index contributed by atoms with van der Waals surface area (Å²) in [6.45, 7) is 6.02. The van der Waals surface area contributed by atoms with E-state index in [1.165, 1.54) is 5.56 Å². The Hall–Kier alpha value is -2.49. The molecule has 0 bridgehead atoms. The van der Waals surface area contributed by atoms with E-state index in [0.717, 1.165) is 43.7 Å². The van der Waals surface area contributed by atoms with Gasteiger partial charge in [-0.1, -0.05) is 6.07 Å². The van der Waals surface area contributed by atoms with E-state index in [9.17, 15) is 23.5 Å². The number of carboxylic acids is 1. The number of carboxylic acid groups (broad SMARTS) is 1. The number of fused-ring (bicyclic) bond motifs is 1. The predicted molar refractivity (Wildman–Crippen MR) is 122 cm³/mol. The van der Waals surface area contributed by atoms with Gasteiger partial charge in [-0.05, 0) is 77.5 Å². The molecule has 0 fully saturated rings. The van der Waals surface area contributed by atoms with Crippen LogP contribution in [0, 0.1) is 0 Å². The van der Waals surface area contributed by atoms with E-state index in [-0.39, 0.29) is 13.0 Å². The summed E-state index contributed by atoms with van der Waals surface area (Å²) in [5.74, 6) is -0.291. The first-order chi connectivity index (χ1) is 15.5. The molecule has 0 spiro atoms. The molecule has 10 heteroatoms. The lowest BCUT2D eigenvalue weighted by Crippen LogP contribution is -2.45. The second-order valence-corrected chi connectivity index (χ2v) is 9.32. The van der Waals surface area contributed by atoms with Gasteiger partial charge >= 0.3 is 12.1 Å². The van der Waals surface area contributed by atoms with Crippen molar-refractivity contribution in [2.45, 2.75) is 77.4 Å². The minimum atomic E-state index is -2.53. The Kier molecular flexibility index (Phi) is 10.3. The summed E-state index contributed by atoms with van der Waals surface area (Å²) in [5.41, 5.74) is 1.43. The van der Waals surface area contributed by atoms with Crippen LogP contribution >= 0.6 is 0 Å². The number of ether oxygens (including phenoxy) is 1. The van der Waals surface area contributed by atoms with Crippen molar-refractivity contribution in [3.05, 3.63) is 23.4 Å². The molecule has 0 radical (unpaired) electrons. The average Bonchev–Trinajstić information content (AvgIpc) is 2.71. The van der Waals surface area contributed by atoms with Gasteiger partial charge in [0.2, 0.25) is 0 Å². The van der Waals surface area contributed by atoms with E-state index in [0.29, 0.717) is 13.0 Å². The molecule has 2 rings (SSSR count). The van der Waals surface area contributed by atoms with Crippen molar-refractivity contribution in [2.24, 2.45) is 0 Å². The Morgan fingerprint density at radius 2 is 2.03 bits per heavy atom. The van der Waals surface area contributed by atoms with Crippen LogP contribution < -0.4 is 10.6 Å². The second kappa shape index (κ2) is 12.7. The zero-order valence-electron chi connectivity index (χ0n) is 19.7. The van der Waals surface area contributed by atoms with E-state index in [2.05, 4.69) is 21.7 Å². The zero-order chi connectivity index (χ0) is 24.4. The molecule has 186 valence electrons. The van der Waals surface area contributed by atoms with Crippen molar-refractivity contribution in [1.29, 1.82) is 0 Å². The first-order valence-corrected chi connectivity index (χ1v) is 11.5. The number of hydrogen-bond donors (Lipinski definition) is 3. The van der Waals surface area contributed by atoms with E-state index >= 15 is 0 Å². The van der Waals surface area contributed by atoms with Crippen molar-refractivity contribution in [1.82, 2.24) is 15.2 Å². The molecule has 8 nitrogen and oxygen atoms in total. The number of amides is 1. The number of halogens is 2. The van der Waals surface area contributed by atoms with Crippen LogP contribution in [0.2, 0.25) is 0 Å². The monoisotopic (exact) mass is 470 g/mol. The minimum absolute atomic E-state index is 0.000651. The summed E-state index contributed by atoms with van der Waals surface area (Å²) in [6.07, 6.45) is 0.958. The molecule has 1 aromatic heterocycles. The van der Waals surface area contributed by atoms with Gasteiger partial charge in [-0.15, -0.1) is 0 Å². The number of carbonyl (C=O) groups is 2. The van der Waals surface area contributed by atoms with Gasteiger partial charge in [0.25, 0.3) is 6.43 Å². The maximum Gasteiger partial charge on any atom is 0.408 e.